The average molecular weight is 564 g/mol. The first-order chi connectivity index (χ1) is 18.8. The lowest BCUT2D eigenvalue weighted by molar-refractivity contribution is -0.140. The first-order valence-corrected chi connectivity index (χ1v) is 15.1. The van der Waals surface area contributed by atoms with E-state index >= 15 is 0 Å². The van der Waals surface area contributed by atoms with Crippen molar-refractivity contribution in [2.75, 3.05) is 17.4 Å². The van der Waals surface area contributed by atoms with Crippen molar-refractivity contribution in [1.29, 1.82) is 0 Å². The third-order valence-electron chi connectivity index (χ3n) is 6.47. The molecular weight excluding hydrogens is 522 g/mol. The van der Waals surface area contributed by atoms with Crippen LogP contribution in [-0.2, 0) is 26.0 Å². The van der Waals surface area contributed by atoms with E-state index in [2.05, 4.69) is 5.32 Å². The third kappa shape index (κ3) is 8.18. The number of hydrogen-bond donors (Lipinski definition) is 1. The summed E-state index contributed by atoms with van der Waals surface area (Å²) in [5.41, 5.74) is 2.71. The van der Waals surface area contributed by atoms with Crippen molar-refractivity contribution in [3.63, 3.8) is 0 Å². The van der Waals surface area contributed by atoms with E-state index < -0.39 is 34.1 Å². The van der Waals surface area contributed by atoms with Gasteiger partial charge in [0.15, 0.2) is 0 Å². The minimum atomic E-state index is -4.08. The van der Waals surface area contributed by atoms with Crippen LogP contribution in [0.4, 0.5) is 5.69 Å². The molecule has 0 aliphatic heterocycles. The first kappa shape index (κ1) is 30.9. The van der Waals surface area contributed by atoms with Crippen LogP contribution in [0.2, 0.25) is 0 Å². The summed E-state index contributed by atoms with van der Waals surface area (Å²) in [7, 11) is -4.08. The van der Waals surface area contributed by atoms with Crippen molar-refractivity contribution in [2.45, 2.75) is 70.9 Å². The average Bonchev–Trinajstić information content (AvgIpc) is 2.88. The van der Waals surface area contributed by atoms with Crippen LogP contribution in [0.25, 0.3) is 0 Å². The van der Waals surface area contributed by atoms with Crippen LogP contribution < -0.4 is 9.62 Å². The Morgan fingerprint density at radius 2 is 1.43 bits per heavy atom. The molecule has 214 valence electrons. The van der Waals surface area contributed by atoms with Gasteiger partial charge in [-0.1, -0.05) is 61.5 Å². The molecule has 0 spiro atoms. The Bertz CT molecular complexity index is 1380. The van der Waals surface area contributed by atoms with Crippen LogP contribution in [-0.4, -0.2) is 49.8 Å². The summed E-state index contributed by atoms with van der Waals surface area (Å²) in [6.07, 6.45) is 0.915. The number of aryl methyl sites for hydroxylation is 2. The Morgan fingerprint density at radius 1 is 0.875 bits per heavy atom. The first-order valence-electron chi connectivity index (χ1n) is 13.6. The van der Waals surface area contributed by atoms with E-state index in [-0.39, 0.29) is 17.3 Å². The second kappa shape index (κ2) is 13.1. The maximum atomic E-state index is 14.1. The van der Waals surface area contributed by atoms with Gasteiger partial charge in [0.1, 0.15) is 12.6 Å². The Balaban J connectivity index is 2.04. The topological polar surface area (TPSA) is 86.8 Å². The molecule has 0 aromatic heterocycles. The van der Waals surface area contributed by atoms with Gasteiger partial charge in [-0.05, 0) is 88.4 Å². The second-order valence-corrected chi connectivity index (χ2v) is 13.0. The van der Waals surface area contributed by atoms with Crippen molar-refractivity contribution < 1.29 is 18.0 Å². The lowest BCUT2D eigenvalue weighted by atomic mass is 10.1. The Kier molecular flexibility index (Phi) is 10.1. The molecule has 0 radical (unpaired) electrons. The third-order valence-corrected chi connectivity index (χ3v) is 8.26. The van der Waals surface area contributed by atoms with E-state index in [1.807, 2.05) is 77.9 Å². The molecule has 3 aromatic carbocycles. The summed E-state index contributed by atoms with van der Waals surface area (Å²) >= 11 is 0. The second-order valence-electron chi connectivity index (χ2n) is 11.2. The molecule has 0 saturated heterocycles. The van der Waals surface area contributed by atoms with E-state index in [4.69, 9.17) is 0 Å². The number of carbonyl (C=O) groups excluding carboxylic acids is 2. The summed E-state index contributed by atoms with van der Waals surface area (Å²) in [6.45, 7) is 11.1. The molecule has 3 aromatic rings. The fourth-order valence-corrected chi connectivity index (χ4v) is 6.11. The van der Waals surface area contributed by atoms with E-state index in [0.29, 0.717) is 18.5 Å². The van der Waals surface area contributed by atoms with Gasteiger partial charge in [0, 0.05) is 12.1 Å². The number of benzene rings is 3. The summed E-state index contributed by atoms with van der Waals surface area (Å²) < 4.78 is 29.0. The molecule has 1 atom stereocenters. The van der Waals surface area contributed by atoms with Gasteiger partial charge in [0.2, 0.25) is 11.8 Å². The van der Waals surface area contributed by atoms with Crippen molar-refractivity contribution in [2.24, 2.45) is 0 Å². The zero-order valence-electron chi connectivity index (χ0n) is 24.3. The number of rotatable bonds is 11. The number of nitrogens with zero attached hydrogens (tertiary/aromatic N) is 2. The van der Waals surface area contributed by atoms with E-state index in [1.165, 1.54) is 17.0 Å². The number of hydrogen-bond acceptors (Lipinski definition) is 4. The van der Waals surface area contributed by atoms with Gasteiger partial charge in [-0.15, -0.1) is 0 Å². The summed E-state index contributed by atoms with van der Waals surface area (Å²) in [4.78, 5) is 29.1. The van der Waals surface area contributed by atoms with Crippen molar-refractivity contribution >= 4 is 27.5 Å². The molecule has 0 bridgehead atoms. The molecule has 0 aliphatic carbocycles. The summed E-state index contributed by atoms with van der Waals surface area (Å²) in [5, 5.41) is 3.00. The Labute approximate surface area is 239 Å². The van der Waals surface area contributed by atoms with Crippen LogP contribution in [0, 0.1) is 13.8 Å². The van der Waals surface area contributed by atoms with Gasteiger partial charge >= 0.3 is 0 Å². The fraction of sp³-hybridized carbons (Fsp3) is 0.375. The van der Waals surface area contributed by atoms with Gasteiger partial charge in [-0.25, -0.2) is 8.42 Å². The molecule has 0 saturated carbocycles. The van der Waals surface area contributed by atoms with E-state index in [0.717, 1.165) is 21.0 Å². The monoisotopic (exact) mass is 563 g/mol. The van der Waals surface area contributed by atoms with Gasteiger partial charge in [-0.2, -0.15) is 0 Å². The molecule has 1 N–H and O–H groups in total. The van der Waals surface area contributed by atoms with E-state index in [1.54, 1.807) is 30.3 Å². The Morgan fingerprint density at radius 3 is 1.95 bits per heavy atom. The van der Waals surface area contributed by atoms with Gasteiger partial charge in [0.25, 0.3) is 10.0 Å². The van der Waals surface area contributed by atoms with Crippen LogP contribution in [0.5, 0.6) is 0 Å². The van der Waals surface area contributed by atoms with Crippen LogP contribution >= 0.6 is 0 Å². The van der Waals surface area contributed by atoms with Crippen molar-refractivity contribution in [3.8, 4) is 0 Å². The van der Waals surface area contributed by atoms with E-state index in [9.17, 15) is 18.0 Å². The minimum Gasteiger partial charge on any atom is -0.350 e. The molecule has 0 fully saturated rings. The molecule has 1 unspecified atom stereocenters. The molecule has 8 heteroatoms. The summed E-state index contributed by atoms with van der Waals surface area (Å²) in [5.74, 6) is -0.703. The number of amides is 2. The van der Waals surface area contributed by atoms with Crippen molar-refractivity contribution in [1.82, 2.24) is 10.2 Å². The molecular formula is C32H41N3O4S. The molecule has 0 aliphatic rings. The number of carbonyl (C=O) groups is 2. The van der Waals surface area contributed by atoms with Gasteiger partial charge < -0.3 is 10.2 Å². The molecule has 2 amide bonds. The molecule has 7 nitrogen and oxygen atoms in total. The lowest BCUT2D eigenvalue weighted by Gasteiger charge is -2.35. The quantitative estimate of drug-likeness (QED) is 0.345. The molecule has 40 heavy (non-hydrogen) atoms. The number of nitrogens with one attached hydrogen (secondary N) is 1. The predicted molar refractivity (Wildman–Crippen MR) is 161 cm³/mol. The van der Waals surface area contributed by atoms with Crippen LogP contribution in [0.1, 0.15) is 50.8 Å². The highest BCUT2D eigenvalue weighted by molar-refractivity contribution is 7.92. The highest BCUT2D eigenvalue weighted by Crippen LogP contribution is 2.26. The van der Waals surface area contributed by atoms with Gasteiger partial charge in [-0.3, -0.25) is 13.9 Å². The van der Waals surface area contributed by atoms with Crippen LogP contribution in [0.15, 0.2) is 83.8 Å². The summed E-state index contributed by atoms with van der Waals surface area (Å²) in [6, 6.07) is 22.6. The molecule has 0 heterocycles. The van der Waals surface area contributed by atoms with Crippen LogP contribution in [0.3, 0.4) is 0 Å². The number of anilines is 1. The smallest absolute Gasteiger partial charge is 0.264 e. The SMILES string of the molecule is CCC(C(=O)NC(C)(C)C)N(CCc1ccccc1)C(=O)CN(c1cc(C)cc(C)c1)S(=O)(=O)c1ccccc1. The van der Waals surface area contributed by atoms with Crippen molar-refractivity contribution in [3.05, 3.63) is 95.6 Å². The Hall–Kier alpha value is -3.65. The molecule has 3 rings (SSSR count). The zero-order valence-corrected chi connectivity index (χ0v) is 25.2. The van der Waals surface area contributed by atoms with Gasteiger partial charge in [0.05, 0.1) is 10.6 Å². The maximum Gasteiger partial charge on any atom is 0.264 e. The normalized spacial score (nSPS) is 12.4. The fourth-order valence-electron chi connectivity index (χ4n) is 4.69. The maximum absolute atomic E-state index is 14.1. The zero-order chi connectivity index (χ0) is 29.5. The highest BCUT2D eigenvalue weighted by Gasteiger charge is 2.34. The standard InChI is InChI=1S/C32H41N3O4S/c1-7-29(31(37)33-32(4,5)6)34(19-18-26-14-10-8-11-15-26)30(36)23-35(27-21-24(2)20-25(3)22-27)40(38,39)28-16-12-9-13-17-28/h8-17,20-22,29H,7,18-19,23H2,1-6H3,(H,33,37). The highest BCUT2D eigenvalue weighted by atomic mass is 32.2. The predicted octanol–water partition coefficient (Wildman–Crippen LogP) is 5.26. The largest absolute Gasteiger partial charge is 0.350 e. The minimum absolute atomic E-state index is 0.0929. The number of sulfonamides is 1. The lowest BCUT2D eigenvalue weighted by Crippen LogP contribution is -2.56.